The van der Waals surface area contributed by atoms with Crippen molar-refractivity contribution in [3.05, 3.63) is 0 Å². The maximum absolute atomic E-state index is 11.9. The fourth-order valence-electron chi connectivity index (χ4n) is 2.20. The van der Waals surface area contributed by atoms with E-state index >= 15 is 0 Å². The molecule has 2 unspecified atom stereocenters. The van der Waals surface area contributed by atoms with Crippen molar-refractivity contribution in [3.8, 4) is 0 Å². The predicted octanol–water partition coefficient (Wildman–Crippen LogP) is 2.74. The lowest BCUT2D eigenvalue weighted by Crippen LogP contribution is -2.36. The van der Waals surface area contributed by atoms with Crippen LogP contribution in [0.25, 0.3) is 0 Å². The summed E-state index contributed by atoms with van der Waals surface area (Å²) in [7, 11) is 0. The molecule has 1 amide bonds. The normalized spacial score (nSPS) is 28.0. The third-order valence-corrected chi connectivity index (χ3v) is 3.53. The van der Waals surface area contributed by atoms with Crippen molar-refractivity contribution in [1.29, 1.82) is 0 Å². The van der Waals surface area contributed by atoms with Gasteiger partial charge in [0, 0.05) is 25.4 Å². The monoisotopic (exact) mass is 318 g/mol. The average Bonchev–Trinajstić information content (AvgIpc) is 2.82. The van der Waals surface area contributed by atoms with Gasteiger partial charge < -0.3 is 14.5 Å². The molecule has 18 heavy (non-hydrogen) atoms. The average molecular weight is 319 g/mol. The number of hydrogen-bond acceptors (Lipinski definition) is 4. The topological polar surface area (TPSA) is 51.1 Å². The van der Waals surface area contributed by atoms with Crippen LogP contribution in [0.15, 0.2) is 5.16 Å². The second kappa shape index (κ2) is 5.07. The number of rotatable bonds is 1. The smallest absolute Gasteiger partial charge is 0.410 e. The second-order valence-corrected chi connectivity index (χ2v) is 6.71. The van der Waals surface area contributed by atoms with Crippen LogP contribution < -0.4 is 0 Å². The van der Waals surface area contributed by atoms with Crippen molar-refractivity contribution in [3.63, 3.8) is 0 Å². The highest BCUT2D eigenvalue weighted by atomic mass is 79.9. The van der Waals surface area contributed by atoms with E-state index in [1.165, 1.54) is 0 Å². The van der Waals surface area contributed by atoms with E-state index in [1.54, 1.807) is 4.90 Å². The van der Waals surface area contributed by atoms with Crippen LogP contribution in [0.5, 0.6) is 0 Å². The van der Waals surface area contributed by atoms with Crippen molar-refractivity contribution in [2.24, 2.45) is 11.1 Å². The van der Waals surface area contributed by atoms with Crippen molar-refractivity contribution in [2.45, 2.75) is 45.3 Å². The summed E-state index contributed by atoms with van der Waals surface area (Å²) in [5.41, 5.74) is -0.439. The quantitative estimate of drug-likeness (QED) is 0.747. The van der Waals surface area contributed by atoms with E-state index < -0.39 is 5.60 Å². The summed E-state index contributed by atoms with van der Waals surface area (Å²) < 4.78 is 6.21. The molecule has 5 nitrogen and oxygen atoms in total. The Hall–Kier alpha value is -0.780. The Morgan fingerprint density at radius 2 is 2.28 bits per heavy atom. The van der Waals surface area contributed by atoms with Crippen LogP contribution in [0.1, 0.15) is 33.6 Å². The molecule has 0 saturated carbocycles. The van der Waals surface area contributed by atoms with Gasteiger partial charge in [-0.25, -0.2) is 4.79 Å². The molecule has 0 aliphatic carbocycles. The molecule has 102 valence electrons. The van der Waals surface area contributed by atoms with Crippen LogP contribution >= 0.6 is 15.9 Å². The highest BCUT2D eigenvalue weighted by Gasteiger charge is 2.37. The first kappa shape index (κ1) is 13.6. The van der Waals surface area contributed by atoms with E-state index in [1.807, 2.05) is 20.8 Å². The van der Waals surface area contributed by atoms with Crippen LogP contribution in [-0.2, 0) is 9.57 Å². The lowest BCUT2D eigenvalue weighted by Gasteiger charge is -2.24. The SMILES string of the molecule is CC(C)(C)OC(=O)N1CCC(C2CC(Br)=NO2)C1. The molecular formula is C12H19BrN2O3. The van der Waals surface area contributed by atoms with Crippen LogP contribution in [0.2, 0.25) is 0 Å². The molecule has 2 aliphatic rings. The Morgan fingerprint density at radius 1 is 1.56 bits per heavy atom. The first-order chi connectivity index (χ1) is 8.35. The van der Waals surface area contributed by atoms with E-state index in [9.17, 15) is 4.79 Å². The number of oxime groups is 1. The molecule has 2 rings (SSSR count). The van der Waals surface area contributed by atoms with E-state index in [4.69, 9.17) is 9.57 Å². The first-order valence-electron chi connectivity index (χ1n) is 6.21. The van der Waals surface area contributed by atoms with Crippen molar-refractivity contribution in [2.75, 3.05) is 13.1 Å². The lowest BCUT2D eigenvalue weighted by molar-refractivity contribution is 0.0219. The Kier molecular flexibility index (Phi) is 3.84. The van der Waals surface area contributed by atoms with E-state index in [0.29, 0.717) is 12.5 Å². The number of nitrogens with zero attached hydrogens (tertiary/aromatic N) is 2. The minimum Gasteiger partial charge on any atom is -0.444 e. The number of carbonyl (C=O) groups is 1. The molecule has 0 aromatic rings. The summed E-state index contributed by atoms with van der Waals surface area (Å²) in [6.45, 7) is 7.06. The third-order valence-electron chi connectivity index (χ3n) is 3.06. The molecular weight excluding hydrogens is 300 g/mol. The van der Waals surface area contributed by atoms with Gasteiger partial charge in [-0.1, -0.05) is 5.16 Å². The van der Waals surface area contributed by atoms with E-state index in [-0.39, 0.29) is 12.2 Å². The van der Waals surface area contributed by atoms with Crippen LogP contribution in [-0.4, -0.2) is 40.4 Å². The van der Waals surface area contributed by atoms with Gasteiger partial charge >= 0.3 is 6.09 Å². The zero-order valence-corrected chi connectivity index (χ0v) is 12.6. The highest BCUT2D eigenvalue weighted by molar-refractivity contribution is 9.18. The molecule has 0 radical (unpaired) electrons. The molecule has 2 atom stereocenters. The highest BCUT2D eigenvalue weighted by Crippen LogP contribution is 2.29. The minimum atomic E-state index is -0.439. The van der Waals surface area contributed by atoms with Gasteiger partial charge in [0.2, 0.25) is 0 Å². The van der Waals surface area contributed by atoms with Crippen LogP contribution in [0.4, 0.5) is 4.79 Å². The third kappa shape index (κ3) is 3.37. The molecule has 2 aliphatic heterocycles. The largest absolute Gasteiger partial charge is 0.444 e. The molecule has 0 bridgehead atoms. The zero-order chi connectivity index (χ0) is 13.3. The van der Waals surface area contributed by atoms with Gasteiger partial charge in [0.05, 0.1) is 0 Å². The summed E-state index contributed by atoms with van der Waals surface area (Å²) in [6.07, 6.45) is 1.60. The van der Waals surface area contributed by atoms with Gasteiger partial charge in [-0.2, -0.15) is 0 Å². The molecule has 2 heterocycles. The van der Waals surface area contributed by atoms with Gasteiger partial charge in [-0.3, -0.25) is 0 Å². The first-order valence-corrected chi connectivity index (χ1v) is 7.00. The van der Waals surface area contributed by atoms with Crippen LogP contribution in [0.3, 0.4) is 0 Å². The lowest BCUT2D eigenvalue weighted by atomic mass is 10.00. The Morgan fingerprint density at radius 3 is 2.83 bits per heavy atom. The number of carbonyl (C=O) groups excluding carboxylic acids is 1. The van der Waals surface area contributed by atoms with Gasteiger partial charge in [0.1, 0.15) is 16.3 Å². The summed E-state index contributed by atoms with van der Waals surface area (Å²) in [5, 5.41) is 3.89. The fraction of sp³-hybridized carbons (Fsp3) is 0.833. The predicted molar refractivity (Wildman–Crippen MR) is 71.8 cm³/mol. The second-order valence-electron chi connectivity index (χ2n) is 5.79. The van der Waals surface area contributed by atoms with Gasteiger partial charge in [0.15, 0.2) is 0 Å². The number of hydrogen-bond donors (Lipinski definition) is 0. The molecule has 6 heteroatoms. The van der Waals surface area contributed by atoms with Gasteiger partial charge in [-0.15, -0.1) is 0 Å². The van der Waals surface area contributed by atoms with Gasteiger partial charge in [0.25, 0.3) is 0 Å². The zero-order valence-electron chi connectivity index (χ0n) is 11.0. The van der Waals surface area contributed by atoms with Crippen LogP contribution in [0, 0.1) is 5.92 Å². The molecule has 0 N–H and O–H groups in total. The maximum Gasteiger partial charge on any atom is 0.410 e. The Bertz CT molecular complexity index is 365. The van der Waals surface area contributed by atoms with Gasteiger partial charge in [-0.05, 0) is 43.1 Å². The summed E-state index contributed by atoms with van der Waals surface area (Å²) in [4.78, 5) is 19.0. The number of amides is 1. The van der Waals surface area contributed by atoms with E-state index in [2.05, 4.69) is 21.1 Å². The van der Waals surface area contributed by atoms with E-state index in [0.717, 1.165) is 24.0 Å². The molecule has 1 fully saturated rings. The summed E-state index contributed by atoms with van der Waals surface area (Å²) in [5.74, 6) is 0.344. The minimum absolute atomic E-state index is 0.0896. The molecule has 0 aromatic carbocycles. The van der Waals surface area contributed by atoms with Crippen molar-refractivity contribution in [1.82, 2.24) is 4.90 Å². The fourth-order valence-corrected chi connectivity index (χ4v) is 2.60. The summed E-state index contributed by atoms with van der Waals surface area (Å²) in [6, 6.07) is 0. The maximum atomic E-state index is 11.9. The molecule has 0 aromatic heterocycles. The number of halogens is 1. The summed E-state index contributed by atoms with van der Waals surface area (Å²) >= 11 is 3.33. The van der Waals surface area contributed by atoms with Crippen molar-refractivity contribution >= 4 is 26.6 Å². The molecule has 0 spiro atoms. The number of likely N-dealkylation sites (tertiary alicyclic amines) is 1. The van der Waals surface area contributed by atoms with Crippen molar-refractivity contribution < 1.29 is 14.4 Å². The number of ether oxygens (including phenoxy) is 1. The Balaban J connectivity index is 1.83. The standard InChI is InChI=1S/C12H19BrN2O3/c1-12(2,3)17-11(16)15-5-4-8(7-15)9-6-10(13)14-18-9/h8-9H,4-7H2,1-3H3. The Labute approximate surface area is 116 Å². The molecule has 1 saturated heterocycles.